The number of benzene rings is 1. The number of anilines is 1. The lowest BCUT2D eigenvalue weighted by molar-refractivity contribution is -0.131. The normalized spacial score (nSPS) is 22.3. The number of likely N-dealkylation sites (tertiary alicyclic amines) is 1. The van der Waals surface area contributed by atoms with Crippen LogP contribution >= 0.6 is 0 Å². The number of hydrogen-bond acceptors (Lipinski definition) is 5. The predicted molar refractivity (Wildman–Crippen MR) is 110 cm³/mol. The summed E-state index contributed by atoms with van der Waals surface area (Å²) in [6.07, 6.45) is 2.79. The number of nitrogens with zero attached hydrogens (tertiary/aromatic N) is 4. The average molecular weight is 421 g/mol. The molecule has 1 aromatic rings. The van der Waals surface area contributed by atoms with Crippen molar-refractivity contribution in [1.82, 2.24) is 14.7 Å². The molecule has 4 rings (SSSR count). The van der Waals surface area contributed by atoms with Crippen LogP contribution in [0, 0.1) is 0 Å². The Bertz CT molecular complexity index is 874. The third-order valence-electron chi connectivity index (χ3n) is 5.96. The van der Waals surface area contributed by atoms with E-state index in [1.807, 2.05) is 4.90 Å². The van der Waals surface area contributed by atoms with Crippen molar-refractivity contribution in [2.45, 2.75) is 19.3 Å². The van der Waals surface area contributed by atoms with Crippen molar-refractivity contribution in [3.63, 3.8) is 0 Å². The van der Waals surface area contributed by atoms with Gasteiger partial charge in [-0.15, -0.1) is 0 Å². The largest absolute Gasteiger partial charge is 0.342 e. The second-order valence-corrected chi connectivity index (χ2v) is 9.96. The molecule has 8 nitrogen and oxygen atoms in total. The van der Waals surface area contributed by atoms with Crippen LogP contribution in [0.2, 0.25) is 0 Å². The fraction of sp³-hybridized carbons (Fsp3) is 0.600. The lowest BCUT2D eigenvalue weighted by Crippen LogP contribution is -2.51. The highest BCUT2D eigenvalue weighted by atomic mass is 32.2. The highest BCUT2D eigenvalue weighted by Crippen LogP contribution is 2.25. The second-order valence-electron chi connectivity index (χ2n) is 7.95. The van der Waals surface area contributed by atoms with Gasteiger partial charge in [0.05, 0.1) is 18.0 Å². The topological polar surface area (TPSA) is 81.2 Å². The van der Waals surface area contributed by atoms with Crippen LogP contribution in [0.4, 0.5) is 5.69 Å². The van der Waals surface area contributed by atoms with Crippen molar-refractivity contribution in [3.05, 3.63) is 29.8 Å². The van der Waals surface area contributed by atoms with E-state index in [0.29, 0.717) is 56.9 Å². The number of piperazine rings is 1. The molecule has 29 heavy (non-hydrogen) atoms. The maximum atomic E-state index is 12.9. The van der Waals surface area contributed by atoms with Crippen molar-refractivity contribution >= 4 is 27.5 Å². The number of amides is 2. The molecular formula is C20H28N4O4S. The number of carbonyl (C=O) groups excluding carboxylic acids is 2. The summed E-state index contributed by atoms with van der Waals surface area (Å²) in [5, 5.41) is 0. The van der Waals surface area contributed by atoms with Crippen LogP contribution < -0.4 is 4.31 Å². The van der Waals surface area contributed by atoms with Gasteiger partial charge < -0.3 is 9.80 Å². The Morgan fingerprint density at radius 2 is 1.59 bits per heavy atom. The van der Waals surface area contributed by atoms with Crippen LogP contribution in [-0.2, 0) is 14.8 Å². The van der Waals surface area contributed by atoms with Gasteiger partial charge in [-0.1, -0.05) is 6.07 Å². The minimum atomic E-state index is -3.27. The molecule has 3 saturated heterocycles. The van der Waals surface area contributed by atoms with Crippen LogP contribution in [0.25, 0.3) is 0 Å². The van der Waals surface area contributed by atoms with E-state index in [-0.39, 0.29) is 17.6 Å². The van der Waals surface area contributed by atoms with Crippen molar-refractivity contribution in [2.75, 3.05) is 62.4 Å². The summed E-state index contributed by atoms with van der Waals surface area (Å²) in [4.78, 5) is 31.1. The molecule has 1 aromatic carbocycles. The quantitative estimate of drug-likeness (QED) is 0.713. The standard InChI is InChI=1S/C20H28N4O4S/c25-19(22-7-1-2-8-22)16-21-10-12-23(13-11-21)20(26)17-5-3-6-18(15-17)24-9-4-14-29(24,27)28/h3,5-6,15H,1-2,4,7-14,16H2. The van der Waals surface area contributed by atoms with Crippen molar-refractivity contribution in [3.8, 4) is 0 Å². The highest BCUT2D eigenvalue weighted by molar-refractivity contribution is 7.93. The van der Waals surface area contributed by atoms with E-state index in [4.69, 9.17) is 0 Å². The minimum absolute atomic E-state index is 0.0889. The first-order chi connectivity index (χ1) is 13.9. The molecule has 3 heterocycles. The fourth-order valence-corrected chi connectivity index (χ4v) is 5.83. The molecule has 0 atom stereocenters. The first-order valence-corrected chi connectivity index (χ1v) is 11.9. The second kappa shape index (κ2) is 8.31. The molecule has 0 N–H and O–H groups in total. The van der Waals surface area contributed by atoms with Gasteiger partial charge >= 0.3 is 0 Å². The van der Waals surface area contributed by atoms with Crippen LogP contribution in [0.3, 0.4) is 0 Å². The summed E-state index contributed by atoms with van der Waals surface area (Å²) in [6.45, 7) is 5.09. The first-order valence-electron chi connectivity index (χ1n) is 10.3. The Hall–Kier alpha value is -2.13. The average Bonchev–Trinajstić information content (AvgIpc) is 3.37. The number of carbonyl (C=O) groups is 2. The molecule has 9 heteroatoms. The van der Waals surface area contributed by atoms with E-state index < -0.39 is 10.0 Å². The Morgan fingerprint density at radius 3 is 2.24 bits per heavy atom. The van der Waals surface area contributed by atoms with E-state index in [1.54, 1.807) is 29.2 Å². The van der Waals surface area contributed by atoms with E-state index >= 15 is 0 Å². The van der Waals surface area contributed by atoms with Crippen molar-refractivity contribution in [1.29, 1.82) is 0 Å². The first kappa shape index (κ1) is 20.2. The SMILES string of the molecule is O=C(CN1CCN(C(=O)c2cccc(N3CCCS3(=O)=O)c2)CC1)N1CCCC1. The van der Waals surface area contributed by atoms with Gasteiger partial charge in [0.2, 0.25) is 15.9 Å². The molecular weight excluding hydrogens is 392 g/mol. The van der Waals surface area contributed by atoms with Crippen molar-refractivity contribution in [2.24, 2.45) is 0 Å². The van der Waals surface area contributed by atoms with Gasteiger partial charge in [-0.2, -0.15) is 0 Å². The number of rotatable bonds is 4. The number of hydrogen-bond donors (Lipinski definition) is 0. The number of sulfonamides is 1. The smallest absolute Gasteiger partial charge is 0.254 e. The summed E-state index contributed by atoms with van der Waals surface area (Å²) < 4.78 is 25.7. The highest BCUT2D eigenvalue weighted by Gasteiger charge is 2.30. The molecule has 0 spiro atoms. The third-order valence-corrected chi connectivity index (χ3v) is 7.83. The lowest BCUT2D eigenvalue weighted by Gasteiger charge is -2.35. The van der Waals surface area contributed by atoms with Crippen LogP contribution in [0.5, 0.6) is 0 Å². The Kier molecular flexibility index (Phi) is 5.78. The maximum absolute atomic E-state index is 12.9. The molecule has 0 bridgehead atoms. The lowest BCUT2D eigenvalue weighted by atomic mass is 10.1. The zero-order chi connectivity index (χ0) is 20.4. The van der Waals surface area contributed by atoms with Crippen LogP contribution in [0.1, 0.15) is 29.6 Å². The zero-order valence-corrected chi connectivity index (χ0v) is 17.4. The molecule has 0 aliphatic carbocycles. The Morgan fingerprint density at radius 1 is 0.862 bits per heavy atom. The molecule has 0 unspecified atom stereocenters. The minimum Gasteiger partial charge on any atom is -0.342 e. The summed E-state index contributed by atoms with van der Waals surface area (Å²) >= 11 is 0. The van der Waals surface area contributed by atoms with Crippen LogP contribution in [0.15, 0.2) is 24.3 Å². The van der Waals surface area contributed by atoms with E-state index in [0.717, 1.165) is 25.9 Å². The van der Waals surface area contributed by atoms with Gasteiger partial charge in [0, 0.05) is 51.4 Å². The van der Waals surface area contributed by atoms with Gasteiger partial charge in [0.25, 0.3) is 5.91 Å². The Balaban J connectivity index is 1.35. The molecule has 0 radical (unpaired) electrons. The van der Waals surface area contributed by atoms with Gasteiger partial charge in [-0.25, -0.2) is 8.42 Å². The van der Waals surface area contributed by atoms with E-state index in [9.17, 15) is 18.0 Å². The van der Waals surface area contributed by atoms with E-state index in [2.05, 4.69) is 4.90 Å². The van der Waals surface area contributed by atoms with Gasteiger partial charge in [-0.05, 0) is 37.5 Å². The van der Waals surface area contributed by atoms with Gasteiger partial charge in [-0.3, -0.25) is 18.8 Å². The monoisotopic (exact) mass is 420 g/mol. The van der Waals surface area contributed by atoms with Crippen LogP contribution in [-0.4, -0.2) is 93.0 Å². The molecule has 0 saturated carbocycles. The summed E-state index contributed by atoms with van der Waals surface area (Å²) in [5.74, 6) is 0.249. The van der Waals surface area contributed by atoms with Gasteiger partial charge in [0.15, 0.2) is 0 Å². The molecule has 0 aromatic heterocycles. The maximum Gasteiger partial charge on any atom is 0.254 e. The molecule has 2 amide bonds. The zero-order valence-electron chi connectivity index (χ0n) is 16.6. The van der Waals surface area contributed by atoms with Crippen molar-refractivity contribution < 1.29 is 18.0 Å². The summed E-state index contributed by atoms with van der Waals surface area (Å²) in [7, 11) is -3.27. The molecule has 158 valence electrons. The summed E-state index contributed by atoms with van der Waals surface area (Å²) in [6, 6.07) is 6.88. The summed E-state index contributed by atoms with van der Waals surface area (Å²) in [5.41, 5.74) is 1.06. The Labute approximate surface area is 172 Å². The molecule has 3 fully saturated rings. The molecule has 3 aliphatic rings. The molecule has 3 aliphatic heterocycles. The predicted octanol–water partition coefficient (Wildman–Crippen LogP) is 0.607. The third kappa shape index (κ3) is 4.40. The fourth-order valence-electron chi connectivity index (χ4n) is 4.27. The van der Waals surface area contributed by atoms with Gasteiger partial charge in [0.1, 0.15) is 0 Å². The van der Waals surface area contributed by atoms with E-state index in [1.165, 1.54) is 4.31 Å².